The molecule has 7 nitrogen and oxygen atoms in total. The van der Waals surface area contributed by atoms with Crippen LogP contribution in [-0.4, -0.2) is 45.5 Å². The van der Waals surface area contributed by atoms with Gasteiger partial charge in [-0.05, 0) is 38.7 Å². The van der Waals surface area contributed by atoms with Gasteiger partial charge >= 0.3 is 0 Å². The fourth-order valence-corrected chi connectivity index (χ4v) is 5.07. The van der Waals surface area contributed by atoms with Gasteiger partial charge in [0.15, 0.2) is 0 Å². The lowest BCUT2D eigenvalue weighted by Gasteiger charge is -2.39. The monoisotopic (exact) mass is 450 g/mol. The number of hydrogen-bond acceptors (Lipinski definition) is 5. The molecule has 166 valence electrons. The van der Waals surface area contributed by atoms with E-state index in [9.17, 15) is 4.79 Å². The van der Waals surface area contributed by atoms with Gasteiger partial charge in [-0.1, -0.05) is 41.1 Å². The molecule has 2 aromatic heterocycles. The highest BCUT2D eigenvalue weighted by Crippen LogP contribution is 2.43. The van der Waals surface area contributed by atoms with E-state index >= 15 is 0 Å². The van der Waals surface area contributed by atoms with Crippen molar-refractivity contribution in [2.75, 3.05) is 24.5 Å². The second kappa shape index (κ2) is 8.20. The number of halogens is 1. The lowest BCUT2D eigenvalue weighted by atomic mass is 9.77. The SMILES string of the molecule is CC(C)n1cc(-c2ccc(-c3cncc(Cl)c3N3CCC4(CCNC4=O)CC3)cc2)nn1. The third-order valence-corrected chi connectivity index (χ3v) is 7.09. The normalized spacial score (nSPS) is 17.9. The van der Waals surface area contributed by atoms with Crippen LogP contribution in [0.2, 0.25) is 5.02 Å². The molecule has 1 aromatic carbocycles. The van der Waals surface area contributed by atoms with Crippen LogP contribution < -0.4 is 10.2 Å². The van der Waals surface area contributed by atoms with Crippen LogP contribution in [0.15, 0.2) is 42.9 Å². The molecule has 0 unspecified atom stereocenters. The van der Waals surface area contributed by atoms with Crippen molar-refractivity contribution in [3.8, 4) is 22.4 Å². The van der Waals surface area contributed by atoms with Gasteiger partial charge in [-0.2, -0.15) is 0 Å². The summed E-state index contributed by atoms with van der Waals surface area (Å²) >= 11 is 6.65. The summed E-state index contributed by atoms with van der Waals surface area (Å²) < 4.78 is 1.86. The number of hydrogen-bond donors (Lipinski definition) is 1. The largest absolute Gasteiger partial charge is 0.370 e. The minimum absolute atomic E-state index is 0.203. The first-order valence-corrected chi connectivity index (χ1v) is 11.5. The minimum atomic E-state index is -0.203. The number of nitrogens with one attached hydrogen (secondary N) is 1. The van der Waals surface area contributed by atoms with Gasteiger partial charge in [0.25, 0.3) is 0 Å². The zero-order valence-corrected chi connectivity index (χ0v) is 19.1. The Labute approximate surface area is 192 Å². The number of anilines is 1. The number of pyridine rings is 1. The maximum atomic E-state index is 12.4. The summed E-state index contributed by atoms with van der Waals surface area (Å²) in [5.41, 5.74) is 4.71. The molecule has 0 saturated carbocycles. The topological polar surface area (TPSA) is 75.9 Å². The third-order valence-electron chi connectivity index (χ3n) is 6.81. The molecule has 0 radical (unpaired) electrons. The number of rotatable bonds is 4. The molecule has 4 heterocycles. The highest BCUT2D eigenvalue weighted by Gasteiger charge is 2.44. The van der Waals surface area contributed by atoms with Gasteiger partial charge in [0.05, 0.1) is 22.3 Å². The minimum Gasteiger partial charge on any atom is -0.370 e. The molecule has 8 heteroatoms. The Hall–Kier alpha value is -2.93. The number of aromatic nitrogens is 4. The fourth-order valence-electron chi connectivity index (χ4n) is 4.79. The average molecular weight is 451 g/mol. The predicted molar refractivity (Wildman–Crippen MR) is 126 cm³/mol. The van der Waals surface area contributed by atoms with E-state index < -0.39 is 0 Å². The Balaban J connectivity index is 1.41. The summed E-state index contributed by atoms with van der Waals surface area (Å²) in [6.45, 7) is 6.56. The van der Waals surface area contributed by atoms with Gasteiger partial charge in [0, 0.05) is 49.2 Å². The summed E-state index contributed by atoms with van der Waals surface area (Å²) in [4.78, 5) is 19.0. The Morgan fingerprint density at radius 2 is 1.78 bits per heavy atom. The molecule has 1 spiro atoms. The zero-order valence-electron chi connectivity index (χ0n) is 18.4. The van der Waals surface area contributed by atoms with Gasteiger partial charge in [0.2, 0.25) is 5.91 Å². The molecule has 1 N–H and O–H groups in total. The summed E-state index contributed by atoms with van der Waals surface area (Å²) in [5, 5.41) is 12.1. The predicted octanol–water partition coefficient (Wildman–Crippen LogP) is 4.35. The van der Waals surface area contributed by atoms with E-state index in [1.807, 2.05) is 17.1 Å². The van der Waals surface area contributed by atoms with Gasteiger partial charge in [0.1, 0.15) is 5.69 Å². The molecule has 32 heavy (non-hydrogen) atoms. The van der Waals surface area contributed by atoms with Crippen LogP contribution >= 0.6 is 11.6 Å². The summed E-state index contributed by atoms with van der Waals surface area (Å²) in [5.74, 6) is 0.211. The number of carbonyl (C=O) groups is 1. The van der Waals surface area contributed by atoms with Crippen LogP contribution in [-0.2, 0) is 4.79 Å². The third kappa shape index (κ3) is 3.64. The molecule has 0 aliphatic carbocycles. The van der Waals surface area contributed by atoms with Crippen molar-refractivity contribution >= 4 is 23.2 Å². The average Bonchev–Trinajstić information content (AvgIpc) is 3.43. The first-order chi connectivity index (χ1) is 15.5. The molecule has 2 aliphatic heterocycles. The van der Waals surface area contributed by atoms with E-state index in [0.29, 0.717) is 5.02 Å². The lowest BCUT2D eigenvalue weighted by Crippen LogP contribution is -2.44. The molecule has 0 atom stereocenters. The molecular formula is C24H27ClN6O. The van der Waals surface area contributed by atoms with Crippen molar-refractivity contribution in [2.24, 2.45) is 5.41 Å². The van der Waals surface area contributed by atoms with Crippen LogP contribution in [0.3, 0.4) is 0 Å². The van der Waals surface area contributed by atoms with E-state index in [1.165, 1.54) is 0 Å². The summed E-state index contributed by atoms with van der Waals surface area (Å²) in [6.07, 6.45) is 8.17. The van der Waals surface area contributed by atoms with E-state index in [1.54, 1.807) is 6.20 Å². The summed E-state index contributed by atoms with van der Waals surface area (Å²) in [7, 11) is 0. The van der Waals surface area contributed by atoms with E-state index in [-0.39, 0.29) is 17.4 Å². The van der Waals surface area contributed by atoms with Crippen LogP contribution in [0, 0.1) is 5.41 Å². The van der Waals surface area contributed by atoms with Crippen LogP contribution in [0.25, 0.3) is 22.4 Å². The molecule has 2 fully saturated rings. The number of benzene rings is 1. The van der Waals surface area contributed by atoms with E-state index in [2.05, 4.69) is 63.6 Å². The van der Waals surface area contributed by atoms with Crippen molar-refractivity contribution in [1.29, 1.82) is 0 Å². The molecule has 2 aliphatic rings. The van der Waals surface area contributed by atoms with Crippen molar-refractivity contribution in [2.45, 2.75) is 39.2 Å². The van der Waals surface area contributed by atoms with E-state index in [4.69, 9.17) is 11.6 Å². The smallest absolute Gasteiger partial charge is 0.226 e. The van der Waals surface area contributed by atoms with E-state index in [0.717, 1.165) is 67.0 Å². The lowest BCUT2D eigenvalue weighted by molar-refractivity contribution is -0.128. The number of carbonyl (C=O) groups excluding carboxylic acids is 1. The van der Waals surface area contributed by atoms with Gasteiger partial charge in [-0.3, -0.25) is 9.78 Å². The molecule has 1 amide bonds. The number of piperidine rings is 1. The fraction of sp³-hybridized carbons (Fsp3) is 0.417. The standard InChI is InChI=1S/C24H27ClN6O/c1-16(2)31-15-21(28-29-31)18-5-3-17(4-6-18)19-13-26-14-20(25)22(19)30-11-8-24(9-12-30)7-10-27-23(24)32/h3-6,13-16H,7-12H2,1-2H3,(H,27,32). The van der Waals surface area contributed by atoms with Gasteiger partial charge in [-0.15, -0.1) is 5.10 Å². The Morgan fingerprint density at radius 1 is 1.06 bits per heavy atom. The van der Waals surface area contributed by atoms with Crippen LogP contribution in [0.4, 0.5) is 5.69 Å². The number of nitrogens with zero attached hydrogens (tertiary/aromatic N) is 5. The van der Waals surface area contributed by atoms with Crippen molar-refractivity contribution < 1.29 is 4.79 Å². The zero-order chi connectivity index (χ0) is 22.3. The first kappa shape index (κ1) is 20.9. The second-order valence-corrected chi connectivity index (χ2v) is 9.45. The maximum absolute atomic E-state index is 12.4. The van der Waals surface area contributed by atoms with Crippen LogP contribution in [0.5, 0.6) is 0 Å². The van der Waals surface area contributed by atoms with Crippen molar-refractivity contribution in [3.05, 3.63) is 47.9 Å². The highest BCUT2D eigenvalue weighted by atomic mass is 35.5. The Bertz CT molecular complexity index is 1130. The van der Waals surface area contributed by atoms with Crippen molar-refractivity contribution in [3.63, 3.8) is 0 Å². The molecule has 0 bridgehead atoms. The number of amides is 1. The first-order valence-electron chi connectivity index (χ1n) is 11.2. The Kier molecular flexibility index (Phi) is 5.37. The second-order valence-electron chi connectivity index (χ2n) is 9.05. The summed E-state index contributed by atoms with van der Waals surface area (Å²) in [6, 6.07) is 8.55. The Morgan fingerprint density at radius 3 is 2.41 bits per heavy atom. The quantitative estimate of drug-likeness (QED) is 0.639. The van der Waals surface area contributed by atoms with Gasteiger partial charge in [-0.25, -0.2) is 4.68 Å². The molecule has 5 rings (SSSR count). The molecule has 3 aromatic rings. The van der Waals surface area contributed by atoms with Crippen molar-refractivity contribution in [1.82, 2.24) is 25.3 Å². The molecular weight excluding hydrogens is 424 g/mol. The van der Waals surface area contributed by atoms with Crippen LogP contribution in [0.1, 0.15) is 39.2 Å². The molecule has 2 saturated heterocycles. The van der Waals surface area contributed by atoms with Gasteiger partial charge < -0.3 is 10.2 Å². The maximum Gasteiger partial charge on any atom is 0.226 e. The highest BCUT2D eigenvalue weighted by molar-refractivity contribution is 6.33.